The fourth-order valence-electron chi connectivity index (χ4n) is 1.52. The molecule has 0 saturated heterocycles. The highest BCUT2D eigenvalue weighted by molar-refractivity contribution is 5.91. The van der Waals surface area contributed by atoms with Crippen LogP contribution in [0, 0.1) is 5.82 Å². The zero-order chi connectivity index (χ0) is 15.1. The average molecular weight is 292 g/mol. The van der Waals surface area contributed by atoms with Crippen LogP contribution in [-0.4, -0.2) is 42.3 Å². The number of aliphatic hydroxyl groups excluding tert-OH is 1. The van der Waals surface area contributed by atoms with Crippen LogP contribution in [-0.2, 0) is 0 Å². The summed E-state index contributed by atoms with van der Waals surface area (Å²) >= 11 is 0. The van der Waals surface area contributed by atoms with Crippen molar-refractivity contribution in [1.82, 2.24) is 4.90 Å². The van der Waals surface area contributed by atoms with Gasteiger partial charge in [-0.25, -0.2) is 9.18 Å². The van der Waals surface area contributed by atoms with Crippen molar-refractivity contribution >= 4 is 11.7 Å². The number of nitrogens with zero attached hydrogens (tertiary/aromatic N) is 1. The maximum absolute atomic E-state index is 13.1. The lowest BCUT2D eigenvalue weighted by Gasteiger charge is -2.21. The Bertz CT molecular complexity index is 458. The Morgan fingerprint density at radius 3 is 2.75 bits per heavy atom. The number of anilines is 1. The Labute approximate surface area is 113 Å². The van der Waals surface area contributed by atoms with Crippen LogP contribution in [0.25, 0.3) is 0 Å². The minimum Gasteiger partial charge on any atom is -0.433 e. The molecular formula is C12H15F3N2O3. The van der Waals surface area contributed by atoms with E-state index < -0.39 is 18.5 Å². The number of hydrogen-bond donors (Lipinski definition) is 2. The average Bonchev–Trinajstić information content (AvgIpc) is 2.38. The van der Waals surface area contributed by atoms with Crippen molar-refractivity contribution in [2.45, 2.75) is 13.5 Å². The highest BCUT2D eigenvalue weighted by Crippen LogP contribution is 2.27. The third kappa shape index (κ3) is 4.61. The van der Waals surface area contributed by atoms with Crippen LogP contribution < -0.4 is 10.1 Å². The van der Waals surface area contributed by atoms with Crippen molar-refractivity contribution in [2.75, 3.05) is 25.0 Å². The maximum Gasteiger partial charge on any atom is 0.387 e. The molecule has 8 heteroatoms. The highest BCUT2D eigenvalue weighted by Gasteiger charge is 2.16. The summed E-state index contributed by atoms with van der Waals surface area (Å²) in [6.45, 7) is -1.28. The Hall–Kier alpha value is -1.96. The van der Waals surface area contributed by atoms with E-state index in [4.69, 9.17) is 5.11 Å². The number of amides is 2. The van der Waals surface area contributed by atoms with Crippen LogP contribution in [0.3, 0.4) is 0 Å². The first-order valence-electron chi connectivity index (χ1n) is 5.89. The zero-order valence-electron chi connectivity index (χ0n) is 10.8. The number of likely N-dealkylation sites (N-methyl/N-ethyl adjacent to an activating group) is 1. The number of carbonyl (C=O) groups excluding carboxylic acids is 1. The Balaban J connectivity index is 2.89. The molecule has 0 aliphatic rings. The number of urea groups is 1. The normalized spacial score (nSPS) is 10.5. The molecule has 0 saturated carbocycles. The third-order valence-electron chi connectivity index (χ3n) is 2.44. The topological polar surface area (TPSA) is 61.8 Å². The van der Waals surface area contributed by atoms with Crippen molar-refractivity contribution in [3.8, 4) is 5.75 Å². The van der Waals surface area contributed by atoms with Gasteiger partial charge in [0, 0.05) is 19.2 Å². The van der Waals surface area contributed by atoms with Gasteiger partial charge in [0.1, 0.15) is 11.6 Å². The third-order valence-corrected chi connectivity index (χ3v) is 2.44. The summed E-state index contributed by atoms with van der Waals surface area (Å²) in [7, 11) is 0. The van der Waals surface area contributed by atoms with E-state index in [1.807, 2.05) is 0 Å². The van der Waals surface area contributed by atoms with Crippen molar-refractivity contribution < 1.29 is 27.8 Å². The molecule has 2 N–H and O–H groups in total. The van der Waals surface area contributed by atoms with E-state index in [9.17, 15) is 18.0 Å². The van der Waals surface area contributed by atoms with Gasteiger partial charge in [-0.1, -0.05) is 0 Å². The van der Waals surface area contributed by atoms with Gasteiger partial charge in [-0.15, -0.1) is 0 Å². The number of aliphatic hydroxyl groups is 1. The summed E-state index contributed by atoms with van der Waals surface area (Å²) in [4.78, 5) is 13.1. The van der Waals surface area contributed by atoms with Crippen LogP contribution in [0.1, 0.15) is 6.92 Å². The molecule has 1 aromatic rings. The van der Waals surface area contributed by atoms with Gasteiger partial charge in [-0.05, 0) is 19.1 Å². The van der Waals surface area contributed by atoms with Crippen LogP contribution in [0.4, 0.5) is 23.7 Å². The monoisotopic (exact) mass is 292 g/mol. The van der Waals surface area contributed by atoms with Crippen LogP contribution >= 0.6 is 0 Å². The maximum atomic E-state index is 13.1. The van der Waals surface area contributed by atoms with Gasteiger partial charge in [-0.3, -0.25) is 0 Å². The molecule has 0 bridgehead atoms. The predicted octanol–water partition coefficient (Wildman–Crippen LogP) is 2.27. The zero-order valence-corrected chi connectivity index (χ0v) is 10.8. The molecule has 0 aliphatic carbocycles. The van der Waals surface area contributed by atoms with E-state index in [1.165, 1.54) is 4.90 Å². The Morgan fingerprint density at radius 1 is 1.50 bits per heavy atom. The van der Waals surface area contributed by atoms with E-state index in [0.29, 0.717) is 6.54 Å². The largest absolute Gasteiger partial charge is 0.433 e. The van der Waals surface area contributed by atoms with E-state index in [-0.39, 0.29) is 24.6 Å². The fourth-order valence-corrected chi connectivity index (χ4v) is 1.52. The number of nitrogens with one attached hydrogen (secondary N) is 1. The number of halogens is 3. The van der Waals surface area contributed by atoms with Gasteiger partial charge in [0.2, 0.25) is 0 Å². The standard InChI is InChI=1S/C12H15F3N2O3/c1-2-17(5-6-18)12(19)16-9-7-8(13)3-4-10(9)20-11(14)15/h3-4,7,11,18H,2,5-6H2,1H3,(H,16,19). The summed E-state index contributed by atoms with van der Waals surface area (Å²) < 4.78 is 41.7. The van der Waals surface area contributed by atoms with Crippen molar-refractivity contribution in [3.05, 3.63) is 24.0 Å². The van der Waals surface area contributed by atoms with Gasteiger partial charge in [0.05, 0.1) is 12.3 Å². The van der Waals surface area contributed by atoms with E-state index in [1.54, 1.807) is 6.92 Å². The number of alkyl halides is 2. The minimum absolute atomic E-state index is 0.0721. The molecule has 20 heavy (non-hydrogen) atoms. The first-order valence-corrected chi connectivity index (χ1v) is 5.89. The van der Waals surface area contributed by atoms with Crippen LogP contribution in [0.5, 0.6) is 5.75 Å². The SMILES string of the molecule is CCN(CCO)C(=O)Nc1cc(F)ccc1OC(F)F. The second-order valence-electron chi connectivity index (χ2n) is 3.75. The molecule has 0 aromatic heterocycles. The quantitative estimate of drug-likeness (QED) is 0.845. The second kappa shape index (κ2) is 7.59. The molecule has 0 atom stereocenters. The molecule has 1 aromatic carbocycles. The minimum atomic E-state index is -3.09. The van der Waals surface area contributed by atoms with Gasteiger partial charge in [0.25, 0.3) is 0 Å². The number of rotatable bonds is 6. The number of benzene rings is 1. The van der Waals surface area contributed by atoms with Crippen LogP contribution in [0.2, 0.25) is 0 Å². The molecule has 0 radical (unpaired) electrons. The summed E-state index contributed by atoms with van der Waals surface area (Å²) in [6, 6.07) is 2.17. The predicted molar refractivity (Wildman–Crippen MR) is 66.4 cm³/mol. The molecule has 0 unspecified atom stereocenters. The molecule has 0 heterocycles. The van der Waals surface area contributed by atoms with Gasteiger partial charge < -0.3 is 20.1 Å². The van der Waals surface area contributed by atoms with Gasteiger partial charge in [0.15, 0.2) is 0 Å². The summed E-state index contributed by atoms with van der Waals surface area (Å²) in [5.41, 5.74) is -0.202. The second-order valence-corrected chi connectivity index (χ2v) is 3.75. The molecule has 2 amide bonds. The summed E-state index contributed by atoms with van der Waals surface area (Å²) in [6.07, 6.45) is 0. The lowest BCUT2D eigenvalue weighted by atomic mass is 10.3. The Morgan fingerprint density at radius 2 is 2.20 bits per heavy atom. The molecule has 0 fully saturated rings. The van der Waals surface area contributed by atoms with Crippen molar-refractivity contribution in [1.29, 1.82) is 0 Å². The molecular weight excluding hydrogens is 277 g/mol. The Kier molecular flexibility index (Phi) is 6.10. The number of carbonyl (C=O) groups is 1. The van der Waals surface area contributed by atoms with Crippen LogP contribution in [0.15, 0.2) is 18.2 Å². The molecule has 0 spiro atoms. The van der Waals surface area contributed by atoms with E-state index in [0.717, 1.165) is 18.2 Å². The van der Waals surface area contributed by atoms with Gasteiger partial charge >= 0.3 is 12.6 Å². The highest BCUT2D eigenvalue weighted by atomic mass is 19.3. The molecule has 112 valence electrons. The van der Waals surface area contributed by atoms with Crippen molar-refractivity contribution in [3.63, 3.8) is 0 Å². The lowest BCUT2D eigenvalue weighted by Crippen LogP contribution is -2.36. The van der Waals surface area contributed by atoms with Crippen molar-refractivity contribution in [2.24, 2.45) is 0 Å². The smallest absolute Gasteiger partial charge is 0.387 e. The molecule has 0 aliphatic heterocycles. The number of ether oxygens (including phenoxy) is 1. The fraction of sp³-hybridized carbons (Fsp3) is 0.417. The van der Waals surface area contributed by atoms with E-state index >= 15 is 0 Å². The van der Waals surface area contributed by atoms with Gasteiger partial charge in [-0.2, -0.15) is 8.78 Å². The number of hydrogen-bond acceptors (Lipinski definition) is 3. The summed E-state index contributed by atoms with van der Waals surface area (Å²) in [5.74, 6) is -1.04. The first-order chi connectivity index (χ1) is 9.47. The summed E-state index contributed by atoms with van der Waals surface area (Å²) in [5, 5.41) is 11.1. The molecule has 5 nitrogen and oxygen atoms in total. The first kappa shape index (κ1) is 16.1. The van der Waals surface area contributed by atoms with E-state index in [2.05, 4.69) is 10.1 Å². The lowest BCUT2D eigenvalue weighted by molar-refractivity contribution is -0.0494. The molecule has 1 rings (SSSR count).